The van der Waals surface area contributed by atoms with Crippen LogP contribution in [0.25, 0.3) is 22.2 Å². The van der Waals surface area contributed by atoms with Crippen LogP contribution in [-0.4, -0.2) is 26.7 Å². The zero-order valence-corrected chi connectivity index (χ0v) is 22.1. The highest BCUT2D eigenvalue weighted by Gasteiger charge is 2.31. The third-order valence-electron chi connectivity index (χ3n) is 7.48. The second-order valence-electron chi connectivity index (χ2n) is 10.1. The molecule has 2 fully saturated rings. The van der Waals surface area contributed by atoms with Crippen molar-refractivity contribution >= 4 is 40.1 Å². The Labute approximate surface area is 230 Å². The fourth-order valence-corrected chi connectivity index (χ4v) is 5.32. The lowest BCUT2D eigenvalue weighted by Gasteiger charge is -2.30. The highest BCUT2D eigenvalue weighted by Crippen LogP contribution is 2.45. The number of amides is 1. The van der Waals surface area contributed by atoms with Gasteiger partial charge >= 0.3 is 6.09 Å². The fourth-order valence-electron chi connectivity index (χ4n) is 5.05. The number of ether oxygens (including phenoxy) is 2. The van der Waals surface area contributed by atoms with Gasteiger partial charge in [-0.3, -0.25) is 5.32 Å². The summed E-state index contributed by atoms with van der Waals surface area (Å²) in [6.07, 6.45) is 7.67. The summed E-state index contributed by atoms with van der Waals surface area (Å²) >= 11 is 6.80. The number of nitrogens with zero attached hydrogens (tertiary/aromatic N) is 4. The van der Waals surface area contributed by atoms with E-state index in [1.165, 1.54) is 12.4 Å². The average molecular weight is 543 g/mol. The van der Waals surface area contributed by atoms with Crippen LogP contribution in [0.5, 0.6) is 11.6 Å². The number of nitrogens with one attached hydrogen (secondary N) is 1. The summed E-state index contributed by atoms with van der Waals surface area (Å²) in [7, 11) is 0. The predicted molar refractivity (Wildman–Crippen MR) is 149 cm³/mol. The monoisotopic (exact) mass is 542 g/mol. The van der Waals surface area contributed by atoms with Crippen molar-refractivity contribution in [3.8, 4) is 29.0 Å². The molecule has 2 aromatic carbocycles. The number of carbonyl (C=O) groups is 1. The van der Waals surface area contributed by atoms with Crippen LogP contribution in [0.2, 0.25) is 5.02 Å². The first-order valence-corrected chi connectivity index (χ1v) is 13.4. The van der Waals surface area contributed by atoms with E-state index >= 15 is 0 Å². The molecule has 0 saturated heterocycles. The van der Waals surface area contributed by atoms with Crippen LogP contribution in [0, 0.1) is 17.2 Å². The van der Waals surface area contributed by atoms with Crippen molar-refractivity contribution in [3.63, 3.8) is 0 Å². The summed E-state index contributed by atoms with van der Waals surface area (Å²) in [6, 6.07) is 13.5. The molecule has 10 heteroatoms. The van der Waals surface area contributed by atoms with Crippen molar-refractivity contribution in [2.24, 2.45) is 5.92 Å². The van der Waals surface area contributed by atoms with E-state index in [1.807, 2.05) is 25.1 Å². The van der Waals surface area contributed by atoms with Crippen molar-refractivity contribution in [2.45, 2.75) is 51.2 Å². The molecule has 0 spiro atoms. The number of fused-ring (bicyclic) bond motifs is 1. The first-order valence-electron chi connectivity index (χ1n) is 13.0. The van der Waals surface area contributed by atoms with Crippen LogP contribution < -0.4 is 15.8 Å². The maximum Gasteiger partial charge on any atom is 0.411 e. The molecule has 2 aromatic heterocycles. The lowest BCUT2D eigenvalue weighted by atomic mass is 9.92. The van der Waals surface area contributed by atoms with Crippen molar-refractivity contribution < 1.29 is 14.3 Å². The zero-order valence-electron chi connectivity index (χ0n) is 21.4. The molecular formula is C29H27ClN6O3. The maximum absolute atomic E-state index is 12.4. The number of nitrogen functional groups attached to an aromatic ring is 1. The molecule has 9 nitrogen and oxygen atoms in total. The number of nitrogens with two attached hydrogens (primary N) is 1. The van der Waals surface area contributed by atoms with Crippen molar-refractivity contribution in [2.75, 3.05) is 11.1 Å². The molecular weight excluding hydrogens is 516 g/mol. The smallest absolute Gasteiger partial charge is 0.411 e. The molecule has 2 saturated carbocycles. The maximum atomic E-state index is 12.4. The summed E-state index contributed by atoms with van der Waals surface area (Å²) in [5, 5.41) is 14.3. The van der Waals surface area contributed by atoms with Crippen molar-refractivity contribution in [1.82, 2.24) is 14.5 Å². The third-order valence-corrected chi connectivity index (χ3v) is 7.80. The number of nitriles is 1. The van der Waals surface area contributed by atoms with Gasteiger partial charge in [0.2, 0.25) is 0 Å². The molecule has 2 heterocycles. The van der Waals surface area contributed by atoms with Gasteiger partial charge in [0, 0.05) is 41.1 Å². The molecule has 6 rings (SSSR count). The molecule has 0 radical (unpaired) electrons. The molecule has 1 amide bonds. The number of hydrogen-bond donors (Lipinski definition) is 2. The van der Waals surface area contributed by atoms with Gasteiger partial charge in [0.1, 0.15) is 17.9 Å². The fraction of sp³-hybridized carbons (Fsp3) is 0.310. The van der Waals surface area contributed by atoms with E-state index in [9.17, 15) is 10.1 Å². The van der Waals surface area contributed by atoms with E-state index in [-0.39, 0.29) is 23.8 Å². The van der Waals surface area contributed by atoms with E-state index in [4.69, 9.17) is 26.8 Å². The molecule has 3 N–H and O–H groups in total. The Balaban J connectivity index is 1.38. The SMILES string of the molecule is C[C@@H](OC(=O)Nc1ccc(-c2c(C#N)c3ccc(Oc4nccnc4N)cc3n2C2CCC2)c(Cl)c1)C1CC1. The lowest BCUT2D eigenvalue weighted by molar-refractivity contribution is 0.108. The van der Waals surface area contributed by atoms with Gasteiger partial charge in [-0.05, 0) is 75.3 Å². The van der Waals surface area contributed by atoms with Gasteiger partial charge in [0.25, 0.3) is 5.88 Å². The molecule has 0 unspecified atom stereocenters. The van der Waals surface area contributed by atoms with Gasteiger partial charge < -0.3 is 19.8 Å². The van der Waals surface area contributed by atoms with Gasteiger partial charge in [-0.2, -0.15) is 5.26 Å². The number of hydrogen-bond acceptors (Lipinski definition) is 7. The van der Waals surface area contributed by atoms with Crippen molar-refractivity contribution in [1.29, 1.82) is 5.26 Å². The normalized spacial score (nSPS) is 15.8. The third kappa shape index (κ3) is 4.84. The molecule has 0 bridgehead atoms. The lowest BCUT2D eigenvalue weighted by Crippen LogP contribution is -2.21. The topological polar surface area (TPSA) is 128 Å². The zero-order chi connectivity index (χ0) is 27.1. The van der Waals surface area contributed by atoms with E-state index in [1.54, 1.807) is 18.2 Å². The number of rotatable bonds is 7. The number of halogens is 1. The highest BCUT2D eigenvalue weighted by atomic mass is 35.5. The van der Waals surface area contributed by atoms with Crippen LogP contribution in [0.4, 0.5) is 16.3 Å². The number of benzene rings is 2. The van der Waals surface area contributed by atoms with Gasteiger partial charge in [0.15, 0.2) is 5.82 Å². The Morgan fingerprint density at radius 3 is 2.64 bits per heavy atom. The van der Waals surface area contributed by atoms with Gasteiger partial charge in [-0.25, -0.2) is 14.8 Å². The molecule has 39 heavy (non-hydrogen) atoms. The molecule has 2 aliphatic rings. The average Bonchev–Trinajstić information content (AvgIpc) is 3.69. The quantitative estimate of drug-likeness (QED) is 0.255. The Morgan fingerprint density at radius 1 is 1.18 bits per heavy atom. The first-order chi connectivity index (χ1) is 18.9. The number of aromatic nitrogens is 3. The van der Waals surface area contributed by atoms with Gasteiger partial charge in [0.05, 0.1) is 21.8 Å². The van der Waals surface area contributed by atoms with Crippen LogP contribution in [0.3, 0.4) is 0 Å². The van der Waals surface area contributed by atoms with Crippen molar-refractivity contribution in [3.05, 3.63) is 59.4 Å². The summed E-state index contributed by atoms with van der Waals surface area (Å²) in [5.74, 6) is 1.39. The summed E-state index contributed by atoms with van der Waals surface area (Å²) in [6.45, 7) is 1.91. The van der Waals surface area contributed by atoms with E-state index in [2.05, 4.69) is 25.9 Å². The van der Waals surface area contributed by atoms with Crippen LogP contribution in [0.1, 0.15) is 50.6 Å². The standard InChI is InChI=1S/C29H27ClN6O3/c1-16(17-5-6-17)38-29(37)35-18-7-9-22(24(30)13-18)26-23(15-31)21-10-8-20(39-28-27(32)33-11-12-34-28)14-25(21)36(26)19-3-2-4-19/h7-14,16-17,19H,2-6H2,1H3,(H2,32,33)(H,35,37)/t16-/m1/s1. The Bertz CT molecular complexity index is 1620. The second kappa shape index (κ2) is 10.1. The first kappa shape index (κ1) is 25.0. The molecule has 0 aliphatic heterocycles. The Morgan fingerprint density at radius 2 is 1.97 bits per heavy atom. The van der Waals surface area contributed by atoms with Gasteiger partial charge in [-0.1, -0.05) is 11.6 Å². The van der Waals surface area contributed by atoms with E-state index in [0.29, 0.717) is 33.5 Å². The number of carbonyl (C=O) groups excluding carboxylic acids is 1. The summed E-state index contributed by atoms with van der Waals surface area (Å²) < 4.78 is 13.6. The summed E-state index contributed by atoms with van der Waals surface area (Å²) in [5.41, 5.74) is 9.29. The predicted octanol–water partition coefficient (Wildman–Crippen LogP) is 7.07. The second-order valence-corrected chi connectivity index (χ2v) is 10.5. The van der Waals surface area contributed by atoms with Gasteiger partial charge in [-0.15, -0.1) is 0 Å². The largest absolute Gasteiger partial charge is 0.446 e. The number of anilines is 2. The molecule has 198 valence electrons. The van der Waals surface area contributed by atoms with Crippen LogP contribution in [-0.2, 0) is 4.74 Å². The minimum Gasteiger partial charge on any atom is -0.446 e. The highest BCUT2D eigenvalue weighted by molar-refractivity contribution is 6.33. The minimum absolute atomic E-state index is 0.115. The molecule has 2 aliphatic carbocycles. The Kier molecular flexibility index (Phi) is 6.49. The van der Waals surface area contributed by atoms with Crippen LogP contribution in [0.15, 0.2) is 48.8 Å². The molecule has 1 atom stereocenters. The summed E-state index contributed by atoms with van der Waals surface area (Å²) in [4.78, 5) is 20.6. The van der Waals surface area contributed by atoms with E-state index < -0.39 is 6.09 Å². The Hall–Kier alpha value is -4.29. The van der Waals surface area contributed by atoms with Crippen LogP contribution >= 0.6 is 11.6 Å². The molecule has 4 aromatic rings. The van der Waals surface area contributed by atoms with E-state index in [0.717, 1.165) is 48.7 Å². The minimum atomic E-state index is -0.504.